The fourth-order valence-electron chi connectivity index (χ4n) is 2.59. The lowest BCUT2D eigenvalue weighted by atomic mass is 10.2. The Balaban J connectivity index is 1.38. The first kappa shape index (κ1) is 16.4. The third-order valence-corrected chi connectivity index (χ3v) is 4.76. The highest BCUT2D eigenvalue weighted by Crippen LogP contribution is 2.22. The minimum Gasteiger partial charge on any atom is -0.454 e. The molecule has 5 nitrogen and oxygen atoms in total. The highest BCUT2D eigenvalue weighted by molar-refractivity contribution is 7.13. The molecular formula is C20H17N3O2S. The predicted molar refractivity (Wildman–Crippen MR) is 104 cm³/mol. The number of rotatable bonds is 5. The molecule has 0 saturated heterocycles. The van der Waals surface area contributed by atoms with E-state index in [4.69, 9.17) is 4.74 Å². The number of hydrogen-bond donors (Lipinski definition) is 2. The molecular weight excluding hydrogens is 346 g/mol. The fourth-order valence-corrected chi connectivity index (χ4v) is 3.31. The van der Waals surface area contributed by atoms with Crippen molar-refractivity contribution >= 4 is 39.0 Å². The van der Waals surface area contributed by atoms with Crippen LogP contribution < -0.4 is 5.32 Å². The molecule has 4 aromatic rings. The van der Waals surface area contributed by atoms with Crippen molar-refractivity contribution in [1.82, 2.24) is 9.97 Å². The van der Waals surface area contributed by atoms with Crippen LogP contribution in [0.4, 0.5) is 10.8 Å². The number of hydrogen-bond acceptors (Lipinski definition) is 5. The summed E-state index contributed by atoms with van der Waals surface area (Å²) in [6, 6.07) is 17.6. The second-order valence-corrected chi connectivity index (χ2v) is 6.84. The molecule has 0 bridgehead atoms. The van der Waals surface area contributed by atoms with Crippen LogP contribution in [-0.4, -0.2) is 15.9 Å². The topological polar surface area (TPSA) is 67.0 Å². The number of nitrogens with zero attached hydrogens (tertiary/aromatic N) is 1. The number of para-hydroxylation sites is 1. The van der Waals surface area contributed by atoms with Gasteiger partial charge in [-0.1, -0.05) is 35.9 Å². The summed E-state index contributed by atoms with van der Waals surface area (Å²) in [7, 11) is 0. The van der Waals surface area contributed by atoms with Gasteiger partial charge in [-0.3, -0.25) is 0 Å². The summed E-state index contributed by atoms with van der Waals surface area (Å²) >= 11 is 1.48. The molecule has 130 valence electrons. The van der Waals surface area contributed by atoms with Gasteiger partial charge in [0.2, 0.25) is 0 Å². The maximum atomic E-state index is 12.2. The van der Waals surface area contributed by atoms with E-state index in [-0.39, 0.29) is 12.6 Å². The van der Waals surface area contributed by atoms with E-state index >= 15 is 0 Å². The monoisotopic (exact) mass is 363 g/mol. The van der Waals surface area contributed by atoms with Gasteiger partial charge in [0.05, 0.1) is 5.69 Å². The van der Waals surface area contributed by atoms with E-state index in [0.29, 0.717) is 11.4 Å². The third kappa shape index (κ3) is 3.60. The van der Waals surface area contributed by atoms with Gasteiger partial charge in [0.15, 0.2) is 5.13 Å². The molecule has 0 aliphatic heterocycles. The Morgan fingerprint density at radius 1 is 1.19 bits per heavy atom. The maximum absolute atomic E-state index is 12.2. The van der Waals surface area contributed by atoms with Crippen LogP contribution in [0.3, 0.4) is 0 Å². The van der Waals surface area contributed by atoms with Gasteiger partial charge >= 0.3 is 5.97 Å². The Morgan fingerprint density at radius 2 is 2.00 bits per heavy atom. The molecule has 2 aromatic heterocycles. The zero-order valence-electron chi connectivity index (χ0n) is 14.2. The number of thiazole rings is 1. The molecule has 0 aliphatic carbocycles. The van der Waals surface area contributed by atoms with Crippen molar-refractivity contribution in [3.05, 3.63) is 76.9 Å². The van der Waals surface area contributed by atoms with E-state index < -0.39 is 0 Å². The van der Waals surface area contributed by atoms with Crippen LogP contribution in [0.1, 0.15) is 21.7 Å². The van der Waals surface area contributed by atoms with E-state index in [1.165, 1.54) is 16.9 Å². The van der Waals surface area contributed by atoms with E-state index in [2.05, 4.69) is 15.3 Å². The van der Waals surface area contributed by atoms with Crippen LogP contribution in [-0.2, 0) is 11.3 Å². The normalized spacial score (nSPS) is 10.8. The molecule has 0 amide bonds. The van der Waals surface area contributed by atoms with E-state index in [1.807, 2.05) is 60.8 Å². The molecule has 0 unspecified atom stereocenters. The minimum atomic E-state index is -0.387. The van der Waals surface area contributed by atoms with Crippen molar-refractivity contribution in [3.8, 4) is 0 Å². The predicted octanol–water partition coefficient (Wildman–Crippen LogP) is 5.03. The molecule has 0 atom stereocenters. The fraction of sp³-hybridized carbons (Fsp3) is 0.100. The Labute approximate surface area is 154 Å². The van der Waals surface area contributed by atoms with Gasteiger partial charge < -0.3 is 15.0 Å². The molecule has 0 radical (unpaired) electrons. The number of fused-ring (bicyclic) bond motifs is 1. The van der Waals surface area contributed by atoms with Crippen molar-refractivity contribution in [2.45, 2.75) is 13.5 Å². The van der Waals surface area contributed by atoms with Gasteiger partial charge in [-0.05, 0) is 31.2 Å². The number of esters is 1. The molecule has 6 heteroatoms. The SMILES string of the molecule is Cc1ccc(Nc2nc(COC(=O)c3cc4ccccc4[nH]3)cs2)cc1. The third-order valence-electron chi connectivity index (χ3n) is 3.96. The van der Waals surface area contributed by atoms with Crippen LogP contribution in [0.5, 0.6) is 0 Å². The number of aryl methyl sites for hydroxylation is 1. The lowest BCUT2D eigenvalue weighted by molar-refractivity contribution is 0.0462. The van der Waals surface area contributed by atoms with Gasteiger partial charge in [0.25, 0.3) is 0 Å². The number of aromatic nitrogens is 2. The Bertz CT molecular complexity index is 1020. The second kappa shape index (κ2) is 7.01. The Kier molecular flexibility index (Phi) is 4.41. The Hall–Kier alpha value is -3.12. The van der Waals surface area contributed by atoms with Crippen molar-refractivity contribution in [2.24, 2.45) is 0 Å². The van der Waals surface area contributed by atoms with E-state index in [1.54, 1.807) is 6.07 Å². The average molecular weight is 363 g/mol. The summed E-state index contributed by atoms with van der Waals surface area (Å²) in [5, 5.41) is 6.89. The summed E-state index contributed by atoms with van der Waals surface area (Å²) in [5.74, 6) is -0.387. The number of carbonyl (C=O) groups excluding carboxylic acids is 1. The van der Waals surface area contributed by atoms with E-state index in [0.717, 1.165) is 21.7 Å². The number of ether oxygens (including phenoxy) is 1. The number of anilines is 2. The van der Waals surface area contributed by atoms with Crippen molar-refractivity contribution in [3.63, 3.8) is 0 Å². The molecule has 0 aliphatic rings. The average Bonchev–Trinajstić information content (AvgIpc) is 3.28. The first-order valence-corrected chi connectivity index (χ1v) is 9.08. The number of H-pyrrole nitrogens is 1. The van der Waals surface area contributed by atoms with Gasteiger partial charge in [0.1, 0.15) is 12.3 Å². The number of carbonyl (C=O) groups is 1. The molecule has 0 saturated carbocycles. The summed E-state index contributed by atoms with van der Waals surface area (Å²) in [4.78, 5) is 19.7. The van der Waals surface area contributed by atoms with Crippen molar-refractivity contribution in [1.29, 1.82) is 0 Å². The van der Waals surface area contributed by atoms with E-state index in [9.17, 15) is 4.79 Å². The van der Waals surface area contributed by atoms with Crippen LogP contribution >= 0.6 is 11.3 Å². The zero-order valence-corrected chi connectivity index (χ0v) is 15.0. The molecule has 2 aromatic carbocycles. The van der Waals surface area contributed by atoms with Crippen molar-refractivity contribution < 1.29 is 9.53 Å². The molecule has 2 heterocycles. The zero-order chi connectivity index (χ0) is 17.9. The highest BCUT2D eigenvalue weighted by Gasteiger charge is 2.12. The second-order valence-electron chi connectivity index (χ2n) is 5.98. The summed E-state index contributed by atoms with van der Waals surface area (Å²) < 4.78 is 5.37. The smallest absolute Gasteiger partial charge is 0.355 e. The molecule has 4 rings (SSSR count). The van der Waals surface area contributed by atoms with Gasteiger partial charge in [-0.15, -0.1) is 11.3 Å². The van der Waals surface area contributed by atoms with Crippen LogP contribution in [0.15, 0.2) is 60.0 Å². The van der Waals surface area contributed by atoms with Crippen LogP contribution in [0.25, 0.3) is 10.9 Å². The van der Waals surface area contributed by atoms with Crippen molar-refractivity contribution in [2.75, 3.05) is 5.32 Å². The van der Waals surface area contributed by atoms with Gasteiger partial charge in [0, 0.05) is 22.0 Å². The van der Waals surface area contributed by atoms with Gasteiger partial charge in [-0.25, -0.2) is 9.78 Å². The molecule has 0 spiro atoms. The standard InChI is InChI=1S/C20H17N3O2S/c1-13-6-8-15(9-7-13)21-20-22-16(12-26-20)11-25-19(24)18-10-14-4-2-3-5-17(14)23-18/h2-10,12,23H,11H2,1H3,(H,21,22). The minimum absolute atomic E-state index is 0.139. The molecule has 2 N–H and O–H groups in total. The lowest BCUT2D eigenvalue weighted by Crippen LogP contribution is -2.05. The Morgan fingerprint density at radius 3 is 2.81 bits per heavy atom. The van der Waals surface area contributed by atoms with Crippen LogP contribution in [0.2, 0.25) is 0 Å². The summed E-state index contributed by atoms with van der Waals surface area (Å²) in [6.07, 6.45) is 0. The van der Waals surface area contributed by atoms with Crippen LogP contribution in [0, 0.1) is 6.92 Å². The largest absolute Gasteiger partial charge is 0.454 e. The highest BCUT2D eigenvalue weighted by atomic mass is 32.1. The molecule has 0 fully saturated rings. The quantitative estimate of drug-likeness (QED) is 0.488. The summed E-state index contributed by atoms with van der Waals surface area (Å²) in [5.41, 5.74) is 4.26. The number of nitrogens with one attached hydrogen (secondary N) is 2. The first-order valence-electron chi connectivity index (χ1n) is 8.20. The number of benzene rings is 2. The maximum Gasteiger partial charge on any atom is 0.355 e. The number of aromatic amines is 1. The molecule has 26 heavy (non-hydrogen) atoms. The lowest BCUT2D eigenvalue weighted by Gasteiger charge is -2.03. The first-order chi connectivity index (χ1) is 12.7. The van der Waals surface area contributed by atoms with Gasteiger partial charge in [-0.2, -0.15) is 0 Å². The summed E-state index contributed by atoms with van der Waals surface area (Å²) in [6.45, 7) is 2.19.